The van der Waals surface area contributed by atoms with E-state index in [1.54, 1.807) is 4.57 Å². The van der Waals surface area contributed by atoms with Gasteiger partial charge in [-0.3, -0.25) is 4.57 Å². The number of halogens is 1. The van der Waals surface area contributed by atoms with Crippen LogP contribution in [0.4, 0.5) is 11.5 Å². The number of hydrogen-bond acceptors (Lipinski definition) is 7. The Kier molecular flexibility index (Phi) is 5.95. The van der Waals surface area contributed by atoms with Crippen LogP contribution in [0.3, 0.4) is 0 Å². The smallest absolute Gasteiger partial charge is 0.415 e. The maximum Gasteiger partial charge on any atom is 0.415 e. The monoisotopic (exact) mass is 484 g/mol. The van der Waals surface area contributed by atoms with Gasteiger partial charge in [0.05, 0.1) is 6.54 Å². The molecule has 10 heteroatoms. The van der Waals surface area contributed by atoms with Gasteiger partial charge in [0.15, 0.2) is 5.60 Å². The Labute approximate surface area is 202 Å². The number of rotatable bonds is 7. The molecule has 2 aliphatic heterocycles. The van der Waals surface area contributed by atoms with Gasteiger partial charge in [0, 0.05) is 41.6 Å². The standard InChI is InChI=1S/C24H25ClN4O5/c1-24(15-28-14-22(29(30)31)26-23(28)34-24)16-32-19-8-4-18(5-9-19)27-12-10-21(11-13-27)33-20-6-2-17(25)3-7-20/h2-9,14,21H,10-13,15-16H2,1H3/t24-/m1/s1. The summed E-state index contributed by atoms with van der Waals surface area (Å²) in [5.41, 5.74) is 0.510. The zero-order chi connectivity index (χ0) is 23.7. The van der Waals surface area contributed by atoms with Gasteiger partial charge in [-0.15, -0.1) is 0 Å². The largest absolute Gasteiger partial charge is 0.490 e. The Bertz CT molecular complexity index is 1130. The fraction of sp³-hybridized carbons (Fsp3) is 0.375. The van der Waals surface area contributed by atoms with Crippen molar-refractivity contribution in [1.29, 1.82) is 0 Å². The van der Waals surface area contributed by atoms with Crippen molar-refractivity contribution in [3.8, 4) is 17.5 Å². The summed E-state index contributed by atoms with van der Waals surface area (Å²) >= 11 is 5.94. The highest BCUT2D eigenvalue weighted by Gasteiger charge is 2.41. The third kappa shape index (κ3) is 4.89. The Morgan fingerprint density at radius 2 is 1.82 bits per heavy atom. The fourth-order valence-corrected chi connectivity index (χ4v) is 4.41. The minimum atomic E-state index is -0.637. The van der Waals surface area contributed by atoms with E-state index in [0.29, 0.717) is 18.2 Å². The van der Waals surface area contributed by atoms with E-state index < -0.39 is 10.5 Å². The third-order valence-corrected chi connectivity index (χ3v) is 6.31. The minimum absolute atomic E-state index is 0.198. The first-order chi connectivity index (χ1) is 16.4. The van der Waals surface area contributed by atoms with Crippen LogP contribution in [-0.4, -0.2) is 45.9 Å². The Balaban J connectivity index is 1.10. The molecule has 2 aromatic carbocycles. The van der Waals surface area contributed by atoms with Crippen molar-refractivity contribution in [2.45, 2.75) is 38.0 Å². The van der Waals surface area contributed by atoms with Crippen LogP contribution in [0.15, 0.2) is 54.7 Å². The maximum atomic E-state index is 10.9. The highest BCUT2D eigenvalue weighted by Crippen LogP contribution is 2.32. The molecule has 0 unspecified atom stereocenters. The zero-order valence-corrected chi connectivity index (χ0v) is 19.5. The molecular weight excluding hydrogens is 460 g/mol. The van der Waals surface area contributed by atoms with E-state index in [1.807, 2.05) is 43.3 Å². The molecule has 1 aromatic heterocycles. The number of piperidine rings is 1. The van der Waals surface area contributed by atoms with E-state index in [1.165, 1.54) is 6.20 Å². The van der Waals surface area contributed by atoms with Crippen LogP contribution >= 0.6 is 11.6 Å². The zero-order valence-electron chi connectivity index (χ0n) is 18.7. The molecule has 5 rings (SSSR count). The fourth-order valence-electron chi connectivity index (χ4n) is 4.28. The van der Waals surface area contributed by atoms with Crippen LogP contribution in [0.1, 0.15) is 19.8 Å². The molecule has 3 heterocycles. The Hall–Kier alpha value is -3.46. The second kappa shape index (κ2) is 9.06. The number of benzene rings is 2. The molecule has 1 fully saturated rings. The average Bonchev–Trinajstić information content (AvgIpc) is 3.36. The highest BCUT2D eigenvalue weighted by atomic mass is 35.5. The molecule has 0 amide bonds. The lowest BCUT2D eigenvalue weighted by Gasteiger charge is -2.33. The first-order valence-electron chi connectivity index (χ1n) is 11.2. The Morgan fingerprint density at radius 1 is 1.15 bits per heavy atom. The maximum absolute atomic E-state index is 10.9. The van der Waals surface area contributed by atoms with Crippen molar-refractivity contribution >= 4 is 23.1 Å². The molecule has 0 N–H and O–H groups in total. The number of anilines is 1. The summed E-state index contributed by atoms with van der Waals surface area (Å²) in [4.78, 5) is 16.6. The van der Waals surface area contributed by atoms with Gasteiger partial charge >= 0.3 is 11.8 Å². The van der Waals surface area contributed by atoms with Gasteiger partial charge in [-0.1, -0.05) is 11.6 Å². The van der Waals surface area contributed by atoms with E-state index in [0.717, 1.165) is 43.1 Å². The van der Waals surface area contributed by atoms with Gasteiger partial charge < -0.3 is 29.2 Å². The molecule has 1 saturated heterocycles. The molecule has 1 atom stereocenters. The summed E-state index contributed by atoms with van der Waals surface area (Å²) in [6.07, 6.45) is 3.48. The third-order valence-electron chi connectivity index (χ3n) is 6.06. The topological polar surface area (TPSA) is 91.9 Å². The normalized spacial score (nSPS) is 20.0. The summed E-state index contributed by atoms with van der Waals surface area (Å²) in [6, 6.07) is 15.8. The van der Waals surface area contributed by atoms with E-state index in [9.17, 15) is 10.1 Å². The summed E-state index contributed by atoms with van der Waals surface area (Å²) < 4.78 is 19.5. The van der Waals surface area contributed by atoms with Crippen molar-refractivity contribution in [2.24, 2.45) is 0 Å². The predicted octanol–water partition coefficient (Wildman–Crippen LogP) is 4.72. The van der Waals surface area contributed by atoms with Gasteiger partial charge in [-0.25, -0.2) is 0 Å². The summed E-state index contributed by atoms with van der Waals surface area (Å²) in [5, 5.41) is 11.6. The van der Waals surface area contributed by atoms with Gasteiger partial charge in [0.2, 0.25) is 0 Å². The van der Waals surface area contributed by atoms with E-state index in [-0.39, 0.29) is 17.9 Å². The van der Waals surface area contributed by atoms with Gasteiger partial charge in [-0.2, -0.15) is 0 Å². The molecule has 9 nitrogen and oxygen atoms in total. The van der Waals surface area contributed by atoms with E-state index >= 15 is 0 Å². The lowest BCUT2D eigenvalue weighted by atomic mass is 10.1. The molecular formula is C24H25ClN4O5. The van der Waals surface area contributed by atoms with Crippen LogP contribution in [0, 0.1) is 10.1 Å². The molecule has 0 spiro atoms. The van der Waals surface area contributed by atoms with Crippen molar-refractivity contribution in [3.05, 3.63) is 69.9 Å². The van der Waals surface area contributed by atoms with Crippen LogP contribution in [0.25, 0.3) is 0 Å². The summed E-state index contributed by atoms with van der Waals surface area (Å²) in [5.74, 6) is 1.38. The van der Waals surface area contributed by atoms with Crippen molar-refractivity contribution < 1.29 is 19.1 Å². The first kappa shape index (κ1) is 22.3. The average molecular weight is 485 g/mol. The quantitative estimate of drug-likeness (QED) is 0.354. The number of fused-ring (bicyclic) bond motifs is 1. The number of nitrogens with zero attached hydrogens (tertiary/aromatic N) is 4. The Morgan fingerprint density at radius 3 is 2.47 bits per heavy atom. The molecule has 34 heavy (non-hydrogen) atoms. The number of ether oxygens (including phenoxy) is 3. The molecule has 0 saturated carbocycles. The van der Waals surface area contributed by atoms with Crippen LogP contribution in [0.5, 0.6) is 17.5 Å². The minimum Gasteiger partial charge on any atom is -0.490 e. The number of nitro groups is 1. The van der Waals surface area contributed by atoms with Gasteiger partial charge in [0.25, 0.3) is 0 Å². The molecule has 2 aliphatic rings. The predicted molar refractivity (Wildman–Crippen MR) is 127 cm³/mol. The van der Waals surface area contributed by atoms with Crippen molar-refractivity contribution in [1.82, 2.24) is 9.55 Å². The van der Waals surface area contributed by atoms with Crippen LogP contribution in [0.2, 0.25) is 5.02 Å². The van der Waals surface area contributed by atoms with Crippen LogP contribution < -0.4 is 19.1 Å². The van der Waals surface area contributed by atoms with Gasteiger partial charge in [-0.05, 0) is 60.4 Å². The second-order valence-electron chi connectivity index (χ2n) is 8.86. The lowest BCUT2D eigenvalue weighted by molar-refractivity contribution is -0.389. The molecule has 178 valence electrons. The van der Waals surface area contributed by atoms with Crippen molar-refractivity contribution in [3.63, 3.8) is 0 Å². The highest BCUT2D eigenvalue weighted by molar-refractivity contribution is 6.30. The van der Waals surface area contributed by atoms with Crippen molar-refractivity contribution in [2.75, 3.05) is 24.6 Å². The van der Waals surface area contributed by atoms with Crippen LogP contribution in [-0.2, 0) is 6.54 Å². The molecule has 0 aliphatic carbocycles. The number of aromatic nitrogens is 2. The molecule has 0 radical (unpaired) electrons. The number of hydrogen-bond donors (Lipinski definition) is 0. The van der Waals surface area contributed by atoms with E-state index in [4.69, 9.17) is 25.8 Å². The second-order valence-corrected chi connectivity index (χ2v) is 9.30. The molecule has 3 aromatic rings. The van der Waals surface area contributed by atoms with E-state index in [2.05, 4.69) is 22.0 Å². The number of imidazole rings is 1. The molecule has 0 bridgehead atoms. The SMILES string of the molecule is C[C@]1(COc2ccc(N3CCC(Oc4ccc(Cl)cc4)CC3)cc2)Cn2cc([N+](=O)[O-])nc2O1. The lowest BCUT2D eigenvalue weighted by Crippen LogP contribution is -2.38. The summed E-state index contributed by atoms with van der Waals surface area (Å²) in [6.45, 7) is 4.48. The summed E-state index contributed by atoms with van der Waals surface area (Å²) in [7, 11) is 0. The first-order valence-corrected chi connectivity index (χ1v) is 11.6. The van der Waals surface area contributed by atoms with Gasteiger partial charge in [0.1, 0.15) is 30.4 Å².